The molecule has 28 heavy (non-hydrogen) atoms. The molecule has 0 radical (unpaired) electrons. The van der Waals surface area contributed by atoms with Crippen LogP contribution in [0.15, 0.2) is 97.1 Å². The van der Waals surface area contributed by atoms with Crippen molar-refractivity contribution in [3.63, 3.8) is 0 Å². The number of ether oxygens (including phenoxy) is 1. The summed E-state index contributed by atoms with van der Waals surface area (Å²) < 4.78 is 6.01. The van der Waals surface area contributed by atoms with Gasteiger partial charge in [-0.25, -0.2) is 0 Å². The summed E-state index contributed by atoms with van der Waals surface area (Å²) >= 11 is 0. The number of carbonyl (C=O) groups is 1. The lowest BCUT2D eigenvalue weighted by Crippen LogP contribution is -2.13. The number of carbonyl (C=O) groups excluding carboxylic acids is 1. The number of hydrogen-bond acceptors (Lipinski definition) is 3. The van der Waals surface area contributed by atoms with Crippen molar-refractivity contribution in [1.82, 2.24) is 0 Å². The molecule has 1 N–H and O–H groups in total. The number of hydrogen-bond donors (Lipinski definition) is 1. The third-order valence-electron chi connectivity index (χ3n) is 4.78. The van der Waals surface area contributed by atoms with Crippen LogP contribution in [0.2, 0.25) is 0 Å². The third kappa shape index (κ3) is 3.66. The Morgan fingerprint density at radius 2 is 1.46 bits per heavy atom. The number of para-hydroxylation sites is 1. The summed E-state index contributed by atoms with van der Waals surface area (Å²) in [6, 6.07) is 30.2. The van der Waals surface area contributed by atoms with Gasteiger partial charge in [-0.05, 0) is 34.0 Å². The van der Waals surface area contributed by atoms with Crippen LogP contribution in [-0.2, 0) is 6.61 Å². The standard InChI is InChI=1S/C25H20O3/c26-24(19-10-2-1-3-11-19)25(27)22-15-6-7-16-23(22)28-17-20-13-8-12-18-9-4-5-14-21(18)20/h1-16,24,26H,17H2. The lowest BCUT2D eigenvalue weighted by atomic mass is 9.99. The lowest BCUT2D eigenvalue weighted by Gasteiger charge is -2.15. The van der Waals surface area contributed by atoms with Crippen molar-refractivity contribution in [3.8, 4) is 5.75 Å². The van der Waals surface area contributed by atoms with Crippen molar-refractivity contribution in [2.75, 3.05) is 0 Å². The van der Waals surface area contributed by atoms with Gasteiger partial charge in [-0.15, -0.1) is 0 Å². The zero-order valence-electron chi connectivity index (χ0n) is 15.3. The number of ketones is 1. The first-order chi connectivity index (χ1) is 13.7. The quantitative estimate of drug-likeness (QED) is 0.468. The highest BCUT2D eigenvalue weighted by Crippen LogP contribution is 2.27. The first-order valence-electron chi connectivity index (χ1n) is 9.20. The molecule has 0 aliphatic heterocycles. The summed E-state index contributed by atoms with van der Waals surface area (Å²) in [6.07, 6.45) is -1.22. The molecular weight excluding hydrogens is 348 g/mol. The van der Waals surface area contributed by atoms with Crippen LogP contribution in [0.3, 0.4) is 0 Å². The van der Waals surface area contributed by atoms with Gasteiger partial charge in [-0.3, -0.25) is 4.79 Å². The second-order valence-electron chi connectivity index (χ2n) is 6.60. The van der Waals surface area contributed by atoms with Crippen molar-refractivity contribution < 1.29 is 14.6 Å². The molecule has 0 bridgehead atoms. The van der Waals surface area contributed by atoms with Crippen LogP contribution in [0.4, 0.5) is 0 Å². The van der Waals surface area contributed by atoms with Crippen LogP contribution < -0.4 is 4.74 Å². The Labute approximate surface area is 163 Å². The van der Waals surface area contributed by atoms with E-state index in [1.54, 1.807) is 42.5 Å². The monoisotopic (exact) mass is 368 g/mol. The molecule has 0 aromatic heterocycles. The summed E-state index contributed by atoms with van der Waals surface area (Å²) in [4.78, 5) is 12.9. The van der Waals surface area contributed by atoms with E-state index in [9.17, 15) is 9.90 Å². The maximum absolute atomic E-state index is 12.9. The summed E-state index contributed by atoms with van der Waals surface area (Å²) in [5, 5.41) is 12.8. The number of aliphatic hydroxyl groups is 1. The number of benzene rings is 4. The molecule has 3 heteroatoms. The maximum atomic E-state index is 12.9. The molecule has 138 valence electrons. The van der Waals surface area contributed by atoms with Crippen LogP contribution in [0.25, 0.3) is 10.8 Å². The SMILES string of the molecule is O=C(c1ccccc1OCc1cccc2ccccc12)C(O)c1ccccc1. The molecule has 0 heterocycles. The number of Topliss-reactive ketones (excluding diaryl/α,β-unsaturated/α-hetero) is 1. The van der Waals surface area contributed by atoms with Gasteiger partial charge in [0.05, 0.1) is 5.56 Å². The molecule has 1 atom stereocenters. The predicted molar refractivity (Wildman–Crippen MR) is 110 cm³/mol. The van der Waals surface area contributed by atoms with Gasteiger partial charge < -0.3 is 9.84 Å². The largest absolute Gasteiger partial charge is 0.488 e. The molecule has 4 aromatic carbocycles. The molecule has 3 nitrogen and oxygen atoms in total. The van der Waals surface area contributed by atoms with Crippen molar-refractivity contribution in [2.45, 2.75) is 12.7 Å². The molecule has 4 rings (SSSR count). The van der Waals surface area contributed by atoms with Crippen molar-refractivity contribution in [1.29, 1.82) is 0 Å². The minimum absolute atomic E-state index is 0.340. The van der Waals surface area contributed by atoms with E-state index >= 15 is 0 Å². The third-order valence-corrected chi connectivity index (χ3v) is 4.78. The van der Waals surface area contributed by atoms with Gasteiger partial charge in [0, 0.05) is 0 Å². The van der Waals surface area contributed by atoms with Crippen molar-refractivity contribution >= 4 is 16.6 Å². The average Bonchev–Trinajstić information content (AvgIpc) is 2.77. The Kier molecular flexibility index (Phi) is 5.18. The van der Waals surface area contributed by atoms with Crippen molar-refractivity contribution in [2.24, 2.45) is 0 Å². The van der Waals surface area contributed by atoms with Crippen LogP contribution >= 0.6 is 0 Å². The van der Waals surface area contributed by atoms with Crippen LogP contribution in [0, 0.1) is 0 Å². The molecule has 0 saturated heterocycles. The van der Waals surface area contributed by atoms with Crippen LogP contribution in [0.5, 0.6) is 5.75 Å². The van der Waals surface area contributed by atoms with Gasteiger partial charge in [0.2, 0.25) is 0 Å². The second kappa shape index (κ2) is 8.07. The molecule has 0 saturated carbocycles. The predicted octanol–water partition coefficient (Wildman–Crippen LogP) is 5.34. The van der Waals surface area contributed by atoms with Gasteiger partial charge in [0.25, 0.3) is 0 Å². The van der Waals surface area contributed by atoms with E-state index < -0.39 is 6.10 Å². The van der Waals surface area contributed by atoms with Gasteiger partial charge in [0.15, 0.2) is 5.78 Å². The Morgan fingerprint density at radius 1 is 0.786 bits per heavy atom. The first kappa shape index (κ1) is 18.0. The molecule has 0 fully saturated rings. The van der Waals surface area contributed by atoms with Crippen LogP contribution in [-0.4, -0.2) is 10.9 Å². The Hall–Kier alpha value is -3.43. The van der Waals surface area contributed by atoms with E-state index in [4.69, 9.17) is 4.74 Å². The van der Waals surface area contributed by atoms with Gasteiger partial charge in [0.1, 0.15) is 18.5 Å². The molecule has 0 aliphatic carbocycles. The zero-order chi connectivity index (χ0) is 19.3. The van der Waals surface area contributed by atoms with E-state index in [0.29, 0.717) is 23.5 Å². The molecule has 0 aliphatic rings. The van der Waals surface area contributed by atoms with Gasteiger partial charge in [-0.2, -0.15) is 0 Å². The fraction of sp³-hybridized carbons (Fsp3) is 0.0800. The van der Waals surface area contributed by atoms with Gasteiger partial charge in [-0.1, -0.05) is 84.9 Å². The average molecular weight is 368 g/mol. The molecule has 0 spiro atoms. The normalized spacial score (nSPS) is 11.9. The smallest absolute Gasteiger partial charge is 0.199 e. The summed E-state index contributed by atoms with van der Waals surface area (Å²) in [6.45, 7) is 0.340. The Balaban J connectivity index is 1.59. The Bertz CT molecular complexity index is 1100. The minimum atomic E-state index is -1.22. The summed E-state index contributed by atoms with van der Waals surface area (Å²) in [5.74, 6) is 0.0927. The highest BCUT2D eigenvalue weighted by Gasteiger charge is 2.22. The fourth-order valence-electron chi connectivity index (χ4n) is 3.30. The van der Waals surface area contributed by atoms with E-state index in [1.807, 2.05) is 36.4 Å². The van der Waals surface area contributed by atoms with Crippen molar-refractivity contribution in [3.05, 3.63) is 114 Å². The second-order valence-corrected chi connectivity index (χ2v) is 6.60. The topological polar surface area (TPSA) is 46.5 Å². The molecule has 1 unspecified atom stereocenters. The minimum Gasteiger partial charge on any atom is -0.488 e. The first-order valence-corrected chi connectivity index (χ1v) is 9.20. The number of rotatable bonds is 6. The maximum Gasteiger partial charge on any atom is 0.199 e. The fourth-order valence-corrected chi connectivity index (χ4v) is 3.30. The summed E-state index contributed by atoms with van der Waals surface area (Å²) in [7, 11) is 0. The highest BCUT2D eigenvalue weighted by molar-refractivity contribution is 6.02. The van der Waals surface area contributed by atoms with E-state index in [1.165, 1.54) is 0 Å². The molecule has 0 amide bonds. The van der Waals surface area contributed by atoms with Gasteiger partial charge >= 0.3 is 0 Å². The van der Waals surface area contributed by atoms with E-state index in [2.05, 4.69) is 18.2 Å². The number of aliphatic hydroxyl groups excluding tert-OH is 1. The molecule has 4 aromatic rings. The highest BCUT2D eigenvalue weighted by atomic mass is 16.5. The summed E-state index contributed by atoms with van der Waals surface area (Å²) in [5.41, 5.74) is 1.99. The van der Waals surface area contributed by atoms with Crippen LogP contribution in [0.1, 0.15) is 27.6 Å². The van der Waals surface area contributed by atoms with E-state index in [0.717, 1.165) is 16.3 Å². The molecular formula is C25H20O3. The number of fused-ring (bicyclic) bond motifs is 1. The Morgan fingerprint density at radius 3 is 2.32 bits per heavy atom. The zero-order valence-corrected chi connectivity index (χ0v) is 15.3. The van der Waals surface area contributed by atoms with E-state index in [-0.39, 0.29) is 5.78 Å². The lowest BCUT2D eigenvalue weighted by molar-refractivity contribution is 0.0743.